The zero-order chi connectivity index (χ0) is 21.7. The molecule has 0 bridgehead atoms. The van der Waals surface area contributed by atoms with Gasteiger partial charge in [0.2, 0.25) is 0 Å². The molecule has 0 atom stereocenters. The number of para-hydroxylation sites is 2. The maximum absolute atomic E-state index is 12.8. The number of ether oxygens (including phenoxy) is 1. The summed E-state index contributed by atoms with van der Waals surface area (Å²) in [5, 5.41) is 2.80. The largest absolute Gasteiger partial charge is 0.495 e. The summed E-state index contributed by atoms with van der Waals surface area (Å²) in [6.07, 6.45) is 3.20. The summed E-state index contributed by atoms with van der Waals surface area (Å²) >= 11 is 0. The molecule has 0 saturated carbocycles. The van der Waals surface area contributed by atoms with E-state index in [4.69, 9.17) is 4.74 Å². The average Bonchev–Trinajstić information content (AvgIpc) is 2.74. The summed E-state index contributed by atoms with van der Waals surface area (Å²) < 4.78 is 33.3. The van der Waals surface area contributed by atoms with Gasteiger partial charge in [0.1, 0.15) is 5.75 Å². The van der Waals surface area contributed by atoms with E-state index in [1.807, 2.05) is 19.0 Å². The molecule has 3 aromatic rings. The van der Waals surface area contributed by atoms with Gasteiger partial charge in [0.25, 0.3) is 15.9 Å². The van der Waals surface area contributed by atoms with Crippen LogP contribution in [0.15, 0.2) is 71.9 Å². The number of aromatic nitrogens is 1. The van der Waals surface area contributed by atoms with Gasteiger partial charge >= 0.3 is 0 Å². The summed E-state index contributed by atoms with van der Waals surface area (Å²) in [4.78, 5) is 18.6. The van der Waals surface area contributed by atoms with Crippen LogP contribution in [0, 0.1) is 0 Å². The topological polar surface area (TPSA) is 101 Å². The Balaban J connectivity index is 1.86. The van der Waals surface area contributed by atoms with E-state index in [2.05, 4.69) is 15.0 Å². The number of carbonyl (C=O) groups is 1. The molecular weight excluding hydrogens is 404 g/mol. The van der Waals surface area contributed by atoms with Crippen LogP contribution in [0.3, 0.4) is 0 Å². The molecule has 0 saturated heterocycles. The highest BCUT2D eigenvalue weighted by atomic mass is 32.2. The Labute approximate surface area is 175 Å². The van der Waals surface area contributed by atoms with Crippen molar-refractivity contribution in [3.8, 4) is 5.75 Å². The van der Waals surface area contributed by atoms with Crippen molar-refractivity contribution in [3.63, 3.8) is 0 Å². The second-order valence-corrected chi connectivity index (χ2v) is 8.26. The van der Waals surface area contributed by atoms with Crippen molar-refractivity contribution in [1.29, 1.82) is 0 Å². The van der Waals surface area contributed by atoms with Gasteiger partial charge in [-0.15, -0.1) is 0 Å². The van der Waals surface area contributed by atoms with E-state index in [1.54, 1.807) is 48.8 Å². The quantitative estimate of drug-likeness (QED) is 0.602. The lowest BCUT2D eigenvalue weighted by molar-refractivity contribution is 0.102. The van der Waals surface area contributed by atoms with Crippen LogP contribution < -0.4 is 19.7 Å². The van der Waals surface area contributed by atoms with Gasteiger partial charge in [-0.25, -0.2) is 8.42 Å². The number of carbonyl (C=O) groups excluding carboxylic acids is 1. The molecule has 0 unspecified atom stereocenters. The summed E-state index contributed by atoms with van der Waals surface area (Å²) in [5.41, 5.74) is 1.81. The molecule has 1 aromatic heterocycles. The van der Waals surface area contributed by atoms with Crippen molar-refractivity contribution in [2.75, 3.05) is 36.1 Å². The predicted octanol–water partition coefficient (Wildman–Crippen LogP) is 3.21. The molecule has 0 aliphatic heterocycles. The fourth-order valence-corrected chi connectivity index (χ4v) is 3.90. The van der Waals surface area contributed by atoms with Gasteiger partial charge in [0, 0.05) is 25.9 Å². The number of nitrogens with one attached hydrogen (secondary N) is 2. The highest BCUT2D eigenvalue weighted by molar-refractivity contribution is 7.92. The molecule has 2 aromatic carbocycles. The van der Waals surface area contributed by atoms with E-state index in [0.717, 1.165) is 5.69 Å². The third kappa shape index (κ3) is 4.69. The second-order valence-electron chi connectivity index (χ2n) is 6.57. The fraction of sp³-hybridized carbons (Fsp3) is 0.143. The van der Waals surface area contributed by atoms with E-state index in [9.17, 15) is 13.2 Å². The molecule has 1 amide bonds. The van der Waals surface area contributed by atoms with Crippen molar-refractivity contribution >= 4 is 33.0 Å². The first-order chi connectivity index (χ1) is 14.3. The SMILES string of the molecule is COc1ccccc1NS(=O)(=O)c1cccc(C(=O)Nc2ccncc2N(C)C)c1. The third-order valence-electron chi connectivity index (χ3n) is 4.29. The van der Waals surface area contributed by atoms with Crippen LogP contribution in [0.2, 0.25) is 0 Å². The highest BCUT2D eigenvalue weighted by Crippen LogP contribution is 2.27. The lowest BCUT2D eigenvalue weighted by Gasteiger charge is -2.17. The van der Waals surface area contributed by atoms with Crippen molar-refractivity contribution in [1.82, 2.24) is 4.98 Å². The molecule has 156 valence electrons. The number of rotatable bonds is 7. The Morgan fingerprint density at radius 1 is 1.03 bits per heavy atom. The first-order valence-electron chi connectivity index (χ1n) is 9.00. The molecule has 9 heteroatoms. The molecule has 30 heavy (non-hydrogen) atoms. The Morgan fingerprint density at radius 3 is 2.53 bits per heavy atom. The van der Waals surface area contributed by atoms with Gasteiger partial charge < -0.3 is 15.0 Å². The molecule has 1 heterocycles. The molecular formula is C21H22N4O4S. The minimum Gasteiger partial charge on any atom is -0.495 e. The molecule has 0 aliphatic rings. The average molecular weight is 426 g/mol. The molecule has 3 rings (SSSR count). The maximum Gasteiger partial charge on any atom is 0.262 e. The first kappa shape index (κ1) is 21.1. The Kier molecular flexibility index (Phi) is 6.22. The van der Waals surface area contributed by atoms with Crippen LogP contribution in [0.5, 0.6) is 5.75 Å². The van der Waals surface area contributed by atoms with Gasteiger partial charge in [-0.2, -0.15) is 0 Å². The summed E-state index contributed by atoms with van der Waals surface area (Å²) in [6.45, 7) is 0. The number of anilines is 3. The number of pyridine rings is 1. The molecule has 0 radical (unpaired) electrons. The number of benzene rings is 2. The molecule has 0 aliphatic carbocycles. The predicted molar refractivity (Wildman–Crippen MR) is 117 cm³/mol. The number of amides is 1. The van der Waals surface area contributed by atoms with Crippen molar-refractivity contribution in [3.05, 3.63) is 72.6 Å². The summed E-state index contributed by atoms with van der Waals surface area (Å²) in [6, 6.07) is 14.2. The maximum atomic E-state index is 12.8. The van der Waals surface area contributed by atoms with Crippen molar-refractivity contribution in [2.24, 2.45) is 0 Å². The minimum atomic E-state index is -3.92. The number of nitrogens with zero attached hydrogens (tertiary/aromatic N) is 2. The lowest BCUT2D eigenvalue weighted by Crippen LogP contribution is -2.18. The van der Waals surface area contributed by atoms with Crippen molar-refractivity contribution in [2.45, 2.75) is 4.90 Å². The van der Waals surface area contributed by atoms with E-state index in [0.29, 0.717) is 17.1 Å². The van der Waals surface area contributed by atoms with Gasteiger partial charge in [-0.1, -0.05) is 18.2 Å². The van der Waals surface area contributed by atoms with Crippen LogP contribution in [-0.4, -0.2) is 40.5 Å². The highest BCUT2D eigenvalue weighted by Gasteiger charge is 2.19. The van der Waals surface area contributed by atoms with Gasteiger partial charge in [0.15, 0.2) is 0 Å². The summed E-state index contributed by atoms with van der Waals surface area (Å²) in [5.74, 6) is -0.0393. The molecule has 8 nitrogen and oxygen atoms in total. The molecule has 0 fully saturated rings. The zero-order valence-electron chi connectivity index (χ0n) is 16.8. The molecule has 2 N–H and O–H groups in total. The van der Waals surface area contributed by atoms with Gasteiger partial charge in [-0.05, 0) is 36.4 Å². The van der Waals surface area contributed by atoms with E-state index >= 15 is 0 Å². The summed E-state index contributed by atoms with van der Waals surface area (Å²) in [7, 11) is 1.21. The lowest BCUT2D eigenvalue weighted by atomic mass is 10.2. The number of methoxy groups -OCH3 is 1. The monoisotopic (exact) mass is 426 g/mol. The minimum absolute atomic E-state index is 0.0383. The smallest absolute Gasteiger partial charge is 0.262 e. The zero-order valence-corrected chi connectivity index (χ0v) is 17.6. The van der Waals surface area contributed by atoms with Crippen LogP contribution >= 0.6 is 0 Å². The number of hydrogen-bond acceptors (Lipinski definition) is 6. The van der Waals surface area contributed by atoms with Crippen LogP contribution in [0.4, 0.5) is 17.1 Å². The fourth-order valence-electron chi connectivity index (χ4n) is 2.78. The Bertz CT molecular complexity index is 1160. The van der Waals surface area contributed by atoms with Crippen molar-refractivity contribution < 1.29 is 17.9 Å². The van der Waals surface area contributed by atoms with Crippen LogP contribution in [0.25, 0.3) is 0 Å². The number of sulfonamides is 1. The normalized spacial score (nSPS) is 10.9. The van der Waals surface area contributed by atoms with Crippen LogP contribution in [-0.2, 0) is 10.0 Å². The second kappa shape index (κ2) is 8.83. The third-order valence-corrected chi connectivity index (χ3v) is 5.65. The van der Waals surface area contributed by atoms with E-state index in [1.165, 1.54) is 25.3 Å². The van der Waals surface area contributed by atoms with Gasteiger partial charge in [-0.3, -0.25) is 14.5 Å². The first-order valence-corrected chi connectivity index (χ1v) is 10.5. The molecule has 0 spiro atoms. The Hall–Kier alpha value is -3.59. The van der Waals surface area contributed by atoms with E-state index < -0.39 is 15.9 Å². The van der Waals surface area contributed by atoms with Gasteiger partial charge in [0.05, 0.1) is 35.3 Å². The number of hydrogen-bond donors (Lipinski definition) is 2. The van der Waals surface area contributed by atoms with E-state index in [-0.39, 0.29) is 10.5 Å². The standard InChI is InChI=1S/C21H22N4O4S/c1-25(2)19-14-22-12-11-17(19)23-21(26)15-7-6-8-16(13-15)30(27,28)24-18-9-4-5-10-20(18)29-3/h4-14,24H,1-3H3,(H,22,23,26). The Morgan fingerprint density at radius 2 is 1.80 bits per heavy atom. The van der Waals surface area contributed by atoms with Crippen LogP contribution in [0.1, 0.15) is 10.4 Å².